The van der Waals surface area contributed by atoms with Gasteiger partial charge in [0.25, 0.3) is 0 Å². The van der Waals surface area contributed by atoms with E-state index in [2.05, 4.69) is 24.7 Å². The van der Waals surface area contributed by atoms with Gasteiger partial charge in [0, 0.05) is 63.4 Å². The van der Waals surface area contributed by atoms with Crippen molar-refractivity contribution in [3.05, 3.63) is 36.9 Å². The molecule has 27 heavy (non-hydrogen) atoms. The number of methoxy groups -OCH3 is 2. The van der Waals surface area contributed by atoms with Crippen molar-refractivity contribution in [3.63, 3.8) is 0 Å². The summed E-state index contributed by atoms with van der Waals surface area (Å²) in [6.07, 6.45) is 5.62. The third kappa shape index (κ3) is 5.45. The molecule has 0 atom stereocenters. The minimum absolute atomic E-state index is 0.0194. The lowest BCUT2D eigenvalue weighted by Crippen LogP contribution is -2.49. The Morgan fingerprint density at radius 3 is 2.48 bits per heavy atom. The van der Waals surface area contributed by atoms with Crippen LogP contribution < -0.4 is 14.8 Å². The van der Waals surface area contributed by atoms with Gasteiger partial charge >= 0.3 is 0 Å². The number of imidazole rings is 1. The molecule has 8 nitrogen and oxygen atoms in total. The largest absolute Gasteiger partial charge is 0.493 e. The van der Waals surface area contributed by atoms with E-state index in [-0.39, 0.29) is 5.91 Å². The summed E-state index contributed by atoms with van der Waals surface area (Å²) in [5.41, 5.74) is 0.705. The normalized spacial score (nSPS) is 15.5. The maximum absolute atomic E-state index is 12.3. The Labute approximate surface area is 159 Å². The quantitative estimate of drug-likeness (QED) is 0.749. The lowest BCUT2D eigenvalue weighted by atomic mass is 10.2. The van der Waals surface area contributed by atoms with Crippen molar-refractivity contribution >= 4 is 11.6 Å². The number of nitrogens with one attached hydrogen (secondary N) is 1. The van der Waals surface area contributed by atoms with E-state index in [9.17, 15) is 4.79 Å². The molecule has 1 fully saturated rings. The molecule has 0 unspecified atom stereocenters. The predicted molar refractivity (Wildman–Crippen MR) is 103 cm³/mol. The van der Waals surface area contributed by atoms with Gasteiger partial charge in [0.15, 0.2) is 11.5 Å². The summed E-state index contributed by atoms with van der Waals surface area (Å²) in [5.74, 6) is 1.22. The summed E-state index contributed by atoms with van der Waals surface area (Å²) in [5, 5.41) is 2.93. The highest BCUT2D eigenvalue weighted by atomic mass is 16.5. The van der Waals surface area contributed by atoms with Crippen LogP contribution in [0.1, 0.15) is 0 Å². The third-order valence-corrected chi connectivity index (χ3v) is 4.73. The molecule has 1 saturated heterocycles. The zero-order valence-electron chi connectivity index (χ0n) is 15.9. The molecule has 1 amide bonds. The van der Waals surface area contributed by atoms with E-state index in [0.717, 1.165) is 39.3 Å². The highest BCUT2D eigenvalue weighted by molar-refractivity contribution is 5.92. The number of carbonyl (C=O) groups is 1. The zero-order chi connectivity index (χ0) is 19.1. The molecule has 0 radical (unpaired) electrons. The standard InChI is InChI=1S/C19H27N5O3/c1-26-17-4-3-16(13-18(17)27-2)21-19(25)14-23-10-7-22(8-11-23)9-12-24-6-5-20-15-24/h3-6,13,15H,7-12,14H2,1-2H3,(H,21,25). The van der Waals surface area contributed by atoms with Crippen LogP contribution in [0.3, 0.4) is 0 Å². The van der Waals surface area contributed by atoms with Crippen LogP contribution in [0.15, 0.2) is 36.9 Å². The minimum atomic E-state index is -0.0194. The van der Waals surface area contributed by atoms with Crippen molar-refractivity contribution in [2.75, 3.05) is 58.8 Å². The number of hydrogen-bond donors (Lipinski definition) is 1. The number of nitrogens with zero attached hydrogens (tertiary/aromatic N) is 4. The fraction of sp³-hybridized carbons (Fsp3) is 0.474. The number of carbonyl (C=O) groups excluding carboxylic acids is 1. The molecule has 1 aromatic carbocycles. The number of hydrogen-bond acceptors (Lipinski definition) is 6. The number of aromatic nitrogens is 2. The van der Waals surface area contributed by atoms with Crippen molar-refractivity contribution in [1.29, 1.82) is 0 Å². The molecule has 2 heterocycles. The molecule has 0 aliphatic carbocycles. The summed E-state index contributed by atoms with van der Waals surface area (Å²) in [4.78, 5) is 21.0. The second kappa shape index (κ2) is 9.38. The first kappa shape index (κ1) is 19.2. The molecule has 1 aromatic heterocycles. The lowest BCUT2D eigenvalue weighted by Gasteiger charge is -2.34. The Balaban J connectivity index is 1.41. The Morgan fingerprint density at radius 1 is 1.07 bits per heavy atom. The van der Waals surface area contributed by atoms with Crippen LogP contribution in [0.2, 0.25) is 0 Å². The molecular formula is C19H27N5O3. The number of rotatable bonds is 8. The molecule has 146 valence electrons. The summed E-state index contributed by atoms with van der Waals surface area (Å²) >= 11 is 0. The van der Waals surface area contributed by atoms with Crippen LogP contribution >= 0.6 is 0 Å². The van der Waals surface area contributed by atoms with Gasteiger partial charge in [0.05, 0.1) is 27.1 Å². The summed E-state index contributed by atoms with van der Waals surface area (Å²) < 4.78 is 12.6. The van der Waals surface area contributed by atoms with E-state index in [4.69, 9.17) is 9.47 Å². The third-order valence-electron chi connectivity index (χ3n) is 4.73. The van der Waals surface area contributed by atoms with Crippen molar-refractivity contribution in [1.82, 2.24) is 19.4 Å². The molecule has 1 aliphatic heterocycles. The summed E-state index contributed by atoms with van der Waals surface area (Å²) in [6.45, 7) is 6.06. The van der Waals surface area contributed by atoms with Gasteiger partial charge < -0.3 is 19.4 Å². The Hall–Kier alpha value is -2.58. The maximum atomic E-state index is 12.3. The van der Waals surface area contributed by atoms with Gasteiger partial charge in [-0.25, -0.2) is 4.98 Å². The molecule has 1 aliphatic rings. The molecule has 2 aromatic rings. The topological polar surface area (TPSA) is 71.9 Å². The number of benzene rings is 1. The van der Waals surface area contributed by atoms with Gasteiger partial charge in [-0.2, -0.15) is 0 Å². The second-order valence-electron chi connectivity index (χ2n) is 6.54. The molecular weight excluding hydrogens is 346 g/mol. The fourth-order valence-electron chi connectivity index (χ4n) is 3.16. The van der Waals surface area contributed by atoms with Crippen LogP contribution in [0.4, 0.5) is 5.69 Å². The van der Waals surface area contributed by atoms with E-state index in [1.54, 1.807) is 32.5 Å². The second-order valence-corrected chi connectivity index (χ2v) is 6.54. The smallest absolute Gasteiger partial charge is 0.238 e. The molecule has 1 N–H and O–H groups in total. The van der Waals surface area contributed by atoms with Crippen LogP contribution in [-0.4, -0.2) is 78.7 Å². The molecule has 0 spiro atoms. The van der Waals surface area contributed by atoms with E-state index in [1.807, 2.05) is 18.6 Å². The number of piperazine rings is 1. The predicted octanol–water partition coefficient (Wildman–Crippen LogP) is 1.16. The van der Waals surface area contributed by atoms with Crippen LogP contribution in [0, 0.1) is 0 Å². The number of amides is 1. The van der Waals surface area contributed by atoms with Crippen molar-refractivity contribution in [2.45, 2.75) is 6.54 Å². The van der Waals surface area contributed by atoms with Gasteiger partial charge in [0.2, 0.25) is 5.91 Å². The van der Waals surface area contributed by atoms with Gasteiger partial charge in [-0.3, -0.25) is 14.6 Å². The van der Waals surface area contributed by atoms with Gasteiger partial charge in [-0.15, -0.1) is 0 Å². The highest BCUT2D eigenvalue weighted by Crippen LogP contribution is 2.29. The van der Waals surface area contributed by atoms with Gasteiger partial charge in [0.1, 0.15) is 0 Å². The van der Waals surface area contributed by atoms with Crippen molar-refractivity contribution in [3.8, 4) is 11.5 Å². The summed E-state index contributed by atoms with van der Waals surface area (Å²) in [7, 11) is 3.17. The zero-order valence-corrected chi connectivity index (χ0v) is 15.9. The molecule has 0 saturated carbocycles. The van der Waals surface area contributed by atoms with Gasteiger partial charge in [-0.1, -0.05) is 0 Å². The molecule has 0 bridgehead atoms. The van der Waals surface area contributed by atoms with E-state index in [0.29, 0.717) is 23.7 Å². The summed E-state index contributed by atoms with van der Waals surface area (Å²) in [6, 6.07) is 5.37. The molecule has 3 rings (SSSR count). The average Bonchev–Trinajstić information content (AvgIpc) is 3.21. The maximum Gasteiger partial charge on any atom is 0.238 e. The first-order chi connectivity index (χ1) is 13.2. The fourth-order valence-corrected chi connectivity index (χ4v) is 3.16. The number of anilines is 1. The van der Waals surface area contributed by atoms with Crippen molar-refractivity contribution < 1.29 is 14.3 Å². The Morgan fingerprint density at radius 2 is 1.81 bits per heavy atom. The first-order valence-electron chi connectivity index (χ1n) is 9.10. The lowest BCUT2D eigenvalue weighted by molar-refractivity contribution is -0.117. The Bertz CT molecular complexity index is 727. The van der Waals surface area contributed by atoms with Gasteiger partial charge in [-0.05, 0) is 12.1 Å². The van der Waals surface area contributed by atoms with E-state index < -0.39 is 0 Å². The first-order valence-corrected chi connectivity index (χ1v) is 9.10. The van der Waals surface area contributed by atoms with Crippen LogP contribution in [0.5, 0.6) is 11.5 Å². The molecule has 8 heteroatoms. The van der Waals surface area contributed by atoms with Crippen molar-refractivity contribution in [2.24, 2.45) is 0 Å². The minimum Gasteiger partial charge on any atom is -0.493 e. The van der Waals surface area contributed by atoms with E-state index >= 15 is 0 Å². The monoisotopic (exact) mass is 373 g/mol. The van der Waals surface area contributed by atoms with E-state index in [1.165, 1.54) is 0 Å². The Kier molecular flexibility index (Phi) is 6.67. The average molecular weight is 373 g/mol. The van der Waals surface area contributed by atoms with Crippen LogP contribution in [0.25, 0.3) is 0 Å². The SMILES string of the molecule is COc1ccc(NC(=O)CN2CCN(CCn3ccnc3)CC2)cc1OC. The highest BCUT2D eigenvalue weighted by Gasteiger charge is 2.19. The van der Waals surface area contributed by atoms with Crippen LogP contribution in [-0.2, 0) is 11.3 Å². The number of ether oxygens (including phenoxy) is 2.